The molecule has 0 bridgehead atoms. The molecule has 1 heterocycles. The molecule has 0 spiro atoms. The van der Waals surface area contributed by atoms with Crippen molar-refractivity contribution < 1.29 is 8.42 Å². The van der Waals surface area contributed by atoms with E-state index in [4.69, 9.17) is 0 Å². The molecule has 0 aromatic heterocycles. The van der Waals surface area contributed by atoms with Gasteiger partial charge in [-0.1, -0.05) is 13.8 Å². The lowest BCUT2D eigenvalue weighted by atomic mass is 10.6. The van der Waals surface area contributed by atoms with E-state index in [1.807, 2.05) is 13.8 Å². The molecular weight excluding hydrogens is 176 g/mol. The van der Waals surface area contributed by atoms with Crippen LogP contribution in [-0.2, 0) is 10.0 Å². The van der Waals surface area contributed by atoms with Crippen molar-refractivity contribution in [3.63, 3.8) is 0 Å². The smallest absolute Gasteiger partial charge is 0.239 e. The van der Waals surface area contributed by atoms with Gasteiger partial charge in [0, 0.05) is 12.7 Å². The zero-order valence-electron chi connectivity index (χ0n) is 7.96. The Kier molecular flexibility index (Phi) is 4.26. The molecule has 0 aliphatic carbocycles. The van der Waals surface area contributed by atoms with Crippen molar-refractivity contribution in [1.82, 2.24) is 9.62 Å². The third-order valence-electron chi connectivity index (χ3n) is 1.34. The van der Waals surface area contributed by atoms with Gasteiger partial charge in [-0.15, -0.1) is 0 Å². The van der Waals surface area contributed by atoms with Crippen LogP contribution >= 0.6 is 0 Å². The Bertz CT molecular complexity index is 257. The van der Waals surface area contributed by atoms with Gasteiger partial charge in [-0.25, -0.2) is 8.42 Å². The first kappa shape index (κ1) is 11.4. The predicted molar refractivity (Wildman–Crippen MR) is 49.8 cm³/mol. The molecule has 1 aliphatic heterocycles. The van der Waals surface area contributed by atoms with E-state index in [0.717, 1.165) is 0 Å². The van der Waals surface area contributed by atoms with E-state index in [2.05, 4.69) is 5.32 Å². The SMILES string of the molecule is CC.CC1=CS(=O)(=O)N(C)CN1. The van der Waals surface area contributed by atoms with Crippen LogP contribution in [0, 0.1) is 0 Å². The van der Waals surface area contributed by atoms with E-state index in [9.17, 15) is 8.42 Å². The summed E-state index contributed by atoms with van der Waals surface area (Å²) in [6, 6.07) is 0. The largest absolute Gasteiger partial charge is 0.374 e. The fourth-order valence-electron chi connectivity index (χ4n) is 0.681. The summed E-state index contributed by atoms with van der Waals surface area (Å²) in [5.74, 6) is 0. The van der Waals surface area contributed by atoms with Crippen molar-refractivity contribution in [3.05, 3.63) is 11.1 Å². The fraction of sp³-hybridized carbons (Fsp3) is 0.714. The summed E-state index contributed by atoms with van der Waals surface area (Å²) in [5, 5.41) is 4.11. The topological polar surface area (TPSA) is 49.4 Å². The molecule has 0 fully saturated rings. The highest BCUT2D eigenvalue weighted by Gasteiger charge is 2.18. The van der Waals surface area contributed by atoms with Crippen LogP contribution in [0.1, 0.15) is 20.8 Å². The molecular formula is C7H16N2O2S. The Labute approximate surface area is 74.3 Å². The molecule has 0 amide bonds. The molecule has 0 saturated heterocycles. The molecule has 0 aromatic carbocycles. The standard InChI is InChI=1S/C5H10N2O2S.C2H6/c1-5-3-10(8,9)7(2)4-6-5;1-2/h3,6H,4H2,1-2H3;1-2H3. The van der Waals surface area contributed by atoms with Crippen LogP contribution in [-0.4, -0.2) is 26.4 Å². The van der Waals surface area contributed by atoms with Gasteiger partial charge in [0.05, 0.1) is 12.1 Å². The first-order valence-corrected chi connectivity index (χ1v) is 5.41. The highest BCUT2D eigenvalue weighted by Crippen LogP contribution is 2.06. The highest BCUT2D eigenvalue weighted by atomic mass is 32.2. The van der Waals surface area contributed by atoms with Gasteiger partial charge in [0.1, 0.15) is 0 Å². The average molecular weight is 192 g/mol. The van der Waals surface area contributed by atoms with E-state index in [1.165, 1.54) is 16.8 Å². The normalized spacial score (nSPS) is 21.5. The Balaban J connectivity index is 0.000000561. The van der Waals surface area contributed by atoms with Crippen LogP contribution < -0.4 is 5.32 Å². The number of nitrogens with one attached hydrogen (secondary N) is 1. The Morgan fingerprint density at radius 2 is 2.00 bits per heavy atom. The van der Waals surface area contributed by atoms with Crippen molar-refractivity contribution in [2.24, 2.45) is 0 Å². The lowest BCUT2D eigenvalue weighted by Gasteiger charge is -2.21. The first-order valence-electron chi connectivity index (χ1n) is 3.91. The minimum atomic E-state index is -3.10. The first-order chi connectivity index (χ1) is 5.52. The lowest BCUT2D eigenvalue weighted by molar-refractivity contribution is 0.448. The fourth-order valence-corrected chi connectivity index (χ4v) is 1.64. The third kappa shape index (κ3) is 2.83. The van der Waals surface area contributed by atoms with E-state index in [0.29, 0.717) is 12.4 Å². The molecule has 4 nitrogen and oxygen atoms in total. The monoisotopic (exact) mass is 192 g/mol. The molecule has 72 valence electrons. The quantitative estimate of drug-likeness (QED) is 0.614. The van der Waals surface area contributed by atoms with E-state index < -0.39 is 10.0 Å². The zero-order chi connectivity index (χ0) is 9.78. The third-order valence-corrected chi connectivity index (χ3v) is 2.99. The molecule has 0 saturated carbocycles. The van der Waals surface area contributed by atoms with Crippen molar-refractivity contribution >= 4 is 10.0 Å². The van der Waals surface area contributed by atoms with Crippen LogP contribution in [0.3, 0.4) is 0 Å². The predicted octanol–water partition coefficient (Wildman–Crippen LogP) is 0.696. The van der Waals surface area contributed by atoms with E-state index in [1.54, 1.807) is 6.92 Å². The molecule has 1 rings (SSSR count). The summed E-state index contributed by atoms with van der Waals surface area (Å²) >= 11 is 0. The van der Waals surface area contributed by atoms with Crippen molar-refractivity contribution in [3.8, 4) is 0 Å². The minimum Gasteiger partial charge on any atom is -0.374 e. The summed E-state index contributed by atoms with van der Waals surface area (Å²) in [6.07, 6.45) is 0. The molecule has 1 aliphatic rings. The maximum absolute atomic E-state index is 11.0. The Morgan fingerprint density at radius 3 is 2.33 bits per heavy atom. The number of nitrogens with zero attached hydrogens (tertiary/aromatic N) is 1. The van der Waals surface area contributed by atoms with Gasteiger partial charge in [0.15, 0.2) is 0 Å². The number of hydrogen-bond donors (Lipinski definition) is 1. The van der Waals surface area contributed by atoms with Gasteiger partial charge in [-0.05, 0) is 6.92 Å². The van der Waals surface area contributed by atoms with Crippen LogP contribution in [0.15, 0.2) is 11.1 Å². The van der Waals surface area contributed by atoms with Gasteiger partial charge in [-0.2, -0.15) is 4.31 Å². The second-order valence-corrected chi connectivity index (χ2v) is 4.17. The summed E-state index contributed by atoms with van der Waals surface area (Å²) in [7, 11) is -1.57. The van der Waals surface area contributed by atoms with Crippen LogP contribution in [0.5, 0.6) is 0 Å². The molecule has 1 N–H and O–H groups in total. The molecule has 0 atom stereocenters. The van der Waals surface area contributed by atoms with Gasteiger partial charge in [-0.3, -0.25) is 0 Å². The van der Waals surface area contributed by atoms with E-state index in [-0.39, 0.29) is 0 Å². The van der Waals surface area contributed by atoms with Crippen LogP contribution in [0.25, 0.3) is 0 Å². The van der Waals surface area contributed by atoms with Gasteiger partial charge < -0.3 is 5.32 Å². The summed E-state index contributed by atoms with van der Waals surface area (Å²) in [5.41, 5.74) is 0.693. The summed E-state index contributed by atoms with van der Waals surface area (Å²) in [4.78, 5) is 0. The number of rotatable bonds is 0. The zero-order valence-corrected chi connectivity index (χ0v) is 8.77. The van der Waals surface area contributed by atoms with Gasteiger partial charge in [0.2, 0.25) is 10.0 Å². The maximum atomic E-state index is 11.0. The minimum absolute atomic E-state index is 0.366. The lowest BCUT2D eigenvalue weighted by Crippen LogP contribution is -2.38. The second kappa shape index (κ2) is 4.47. The van der Waals surface area contributed by atoms with Crippen LogP contribution in [0.2, 0.25) is 0 Å². The maximum Gasteiger partial charge on any atom is 0.239 e. The van der Waals surface area contributed by atoms with Crippen molar-refractivity contribution in [1.29, 1.82) is 0 Å². The number of hydrogen-bond acceptors (Lipinski definition) is 3. The molecule has 5 heteroatoms. The number of sulfonamides is 1. The molecule has 0 aromatic rings. The Morgan fingerprint density at radius 1 is 1.50 bits per heavy atom. The second-order valence-electron chi connectivity index (χ2n) is 2.28. The molecule has 0 unspecified atom stereocenters. The molecule has 12 heavy (non-hydrogen) atoms. The van der Waals surface area contributed by atoms with Gasteiger partial charge in [0.25, 0.3) is 0 Å². The van der Waals surface area contributed by atoms with Crippen molar-refractivity contribution in [2.75, 3.05) is 13.7 Å². The summed E-state index contributed by atoms with van der Waals surface area (Å²) in [6.45, 7) is 6.09. The van der Waals surface area contributed by atoms with Crippen molar-refractivity contribution in [2.45, 2.75) is 20.8 Å². The van der Waals surface area contributed by atoms with Gasteiger partial charge >= 0.3 is 0 Å². The average Bonchev–Trinajstić information content (AvgIpc) is 2.01. The number of allylic oxidation sites excluding steroid dienone is 1. The Hall–Kier alpha value is -0.550. The summed E-state index contributed by atoms with van der Waals surface area (Å²) < 4.78 is 23.3. The van der Waals surface area contributed by atoms with Crippen LogP contribution in [0.4, 0.5) is 0 Å². The van der Waals surface area contributed by atoms with E-state index >= 15 is 0 Å². The highest BCUT2D eigenvalue weighted by molar-refractivity contribution is 7.92. The molecule has 0 radical (unpaired) electrons.